The zero-order valence-corrected chi connectivity index (χ0v) is 10.0. The zero-order chi connectivity index (χ0) is 11.7. The van der Waals surface area contributed by atoms with E-state index in [9.17, 15) is 5.11 Å². The lowest BCUT2D eigenvalue weighted by atomic mass is 10.2. The Morgan fingerprint density at radius 1 is 1.56 bits per heavy atom. The molecule has 0 unspecified atom stereocenters. The molecule has 0 radical (unpaired) electrons. The number of aliphatic hydroxyl groups is 1. The highest BCUT2D eigenvalue weighted by Crippen LogP contribution is 2.33. The van der Waals surface area contributed by atoms with Crippen LogP contribution in [0.4, 0.5) is 0 Å². The number of hydrogen-bond acceptors (Lipinski definition) is 5. The molecule has 6 heteroatoms. The Labute approximate surface area is 95.2 Å². The Bertz CT molecular complexity index is 349. The molecular formula is C10H19N5O. The van der Waals surface area contributed by atoms with Crippen LogP contribution in [-0.2, 0) is 7.05 Å². The third-order valence-electron chi connectivity index (χ3n) is 3.33. The van der Waals surface area contributed by atoms with Crippen LogP contribution in [0.1, 0.15) is 31.6 Å². The van der Waals surface area contributed by atoms with Gasteiger partial charge in [0.2, 0.25) is 0 Å². The van der Waals surface area contributed by atoms with Crippen LogP contribution in [0.5, 0.6) is 0 Å². The fourth-order valence-corrected chi connectivity index (χ4v) is 1.87. The number of aryl methyl sites for hydroxylation is 1. The number of nitrogens with zero attached hydrogens (tertiary/aromatic N) is 5. The average Bonchev–Trinajstić information content (AvgIpc) is 3.01. The summed E-state index contributed by atoms with van der Waals surface area (Å²) in [4.78, 5) is 2.09. The molecule has 1 heterocycles. The zero-order valence-electron chi connectivity index (χ0n) is 10.0. The third kappa shape index (κ3) is 2.38. The summed E-state index contributed by atoms with van der Waals surface area (Å²) in [6.07, 6.45) is 2.11. The number of likely N-dealkylation sites (N-methyl/N-ethyl adjacent to an activating group) is 1. The molecule has 0 saturated heterocycles. The van der Waals surface area contributed by atoms with Gasteiger partial charge < -0.3 is 5.11 Å². The van der Waals surface area contributed by atoms with Gasteiger partial charge >= 0.3 is 0 Å². The maximum atomic E-state index is 9.87. The second kappa shape index (κ2) is 4.47. The Morgan fingerprint density at radius 2 is 2.25 bits per heavy atom. The smallest absolute Gasteiger partial charge is 0.167 e. The third-order valence-corrected chi connectivity index (χ3v) is 3.33. The molecule has 0 aromatic carbocycles. The minimum absolute atomic E-state index is 0.119. The molecule has 1 aromatic heterocycles. The van der Waals surface area contributed by atoms with E-state index in [2.05, 4.69) is 20.4 Å². The summed E-state index contributed by atoms with van der Waals surface area (Å²) >= 11 is 0. The van der Waals surface area contributed by atoms with Crippen LogP contribution < -0.4 is 0 Å². The lowest BCUT2D eigenvalue weighted by Crippen LogP contribution is -2.33. The highest BCUT2D eigenvalue weighted by molar-refractivity contribution is 4.91. The van der Waals surface area contributed by atoms with E-state index in [1.54, 1.807) is 4.68 Å². The molecule has 1 saturated carbocycles. The predicted molar refractivity (Wildman–Crippen MR) is 58.6 cm³/mol. The molecule has 0 amide bonds. The van der Waals surface area contributed by atoms with Gasteiger partial charge in [0.05, 0.1) is 12.1 Å². The maximum Gasteiger partial charge on any atom is 0.167 e. The fraction of sp³-hybridized carbons (Fsp3) is 0.900. The van der Waals surface area contributed by atoms with Gasteiger partial charge in [0.25, 0.3) is 0 Å². The number of aromatic nitrogens is 4. The number of tetrazole rings is 1. The number of rotatable bonds is 5. The summed E-state index contributed by atoms with van der Waals surface area (Å²) < 4.78 is 1.67. The molecule has 1 aliphatic carbocycles. The van der Waals surface area contributed by atoms with Crippen LogP contribution in [-0.4, -0.2) is 49.9 Å². The van der Waals surface area contributed by atoms with Crippen LogP contribution in [0.3, 0.4) is 0 Å². The first-order valence-electron chi connectivity index (χ1n) is 5.70. The van der Waals surface area contributed by atoms with Crippen molar-refractivity contribution < 1.29 is 5.11 Å². The average molecular weight is 225 g/mol. The largest absolute Gasteiger partial charge is 0.392 e. The van der Waals surface area contributed by atoms with Crippen molar-refractivity contribution in [1.29, 1.82) is 0 Å². The Morgan fingerprint density at radius 3 is 2.75 bits per heavy atom. The molecule has 0 aliphatic heterocycles. The topological polar surface area (TPSA) is 67.1 Å². The van der Waals surface area contributed by atoms with Crippen molar-refractivity contribution in [1.82, 2.24) is 25.1 Å². The van der Waals surface area contributed by atoms with Crippen molar-refractivity contribution in [2.24, 2.45) is 13.0 Å². The first-order chi connectivity index (χ1) is 7.59. The van der Waals surface area contributed by atoms with E-state index in [1.807, 2.05) is 21.0 Å². The van der Waals surface area contributed by atoms with Gasteiger partial charge in [-0.15, -0.1) is 5.10 Å². The molecule has 16 heavy (non-hydrogen) atoms. The monoisotopic (exact) mass is 225 g/mol. The second-order valence-electron chi connectivity index (χ2n) is 4.68. The van der Waals surface area contributed by atoms with Crippen molar-refractivity contribution in [2.45, 2.75) is 31.9 Å². The van der Waals surface area contributed by atoms with Crippen LogP contribution in [0, 0.1) is 5.92 Å². The van der Waals surface area contributed by atoms with E-state index in [1.165, 1.54) is 0 Å². The van der Waals surface area contributed by atoms with Crippen LogP contribution in [0.15, 0.2) is 0 Å². The van der Waals surface area contributed by atoms with E-state index in [4.69, 9.17) is 0 Å². The molecule has 1 aromatic rings. The number of aliphatic hydroxyl groups excluding tert-OH is 1. The predicted octanol–water partition coefficient (Wildman–Crippen LogP) is -0.0262. The molecule has 1 N–H and O–H groups in total. The van der Waals surface area contributed by atoms with Crippen LogP contribution in [0.2, 0.25) is 0 Å². The number of hydrogen-bond donors (Lipinski definition) is 1. The first kappa shape index (κ1) is 11.5. The maximum absolute atomic E-state index is 9.87. The van der Waals surface area contributed by atoms with E-state index in [0.29, 0.717) is 12.5 Å². The van der Waals surface area contributed by atoms with Gasteiger partial charge in [0.15, 0.2) is 5.82 Å². The molecule has 6 nitrogen and oxygen atoms in total. The highest BCUT2D eigenvalue weighted by atomic mass is 16.3. The van der Waals surface area contributed by atoms with Gasteiger partial charge in [0, 0.05) is 13.6 Å². The first-order valence-corrected chi connectivity index (χ1v) is 5.70. The summed E-state index contributed by atoms with van der Waals surface area (Å²) in [5, 5.41) is 21.3. The van der Waals surface area contributed by atoms with Crippen molar-refractivity contribution in [3.63, 3.8) is 0 Å². The van der Waals surface area contributed by atoms with Gasteiger partial charge in [-0.05, 0) is 43.2 Å². The van der Waals surface area contributed by atoms with Crippen LogP contribution in [0.25, 0.3) is 0 Å². The second-order valence-corrected chi connectivity index (χ2v) is 4.68. The Hall–Kier alpha value is -1.01. The molecular weight excluding hydrogens is 206 g/mol. The molecule has 90 valence electrons. The molecule has 2 atom stereocenters. The quantitative estimate of drug-likeness (QED) is 0.762. The SMILES string of the molecule is C[C@H](c1nnnn1C)N(C)C[C@@H](O)C1CC1. The lowest BCUT2D eigenvalue weighted by Gasteiger charge is -2.25. The van der Waals surface area contributed by atoms with E-state index in [-0.39, 0.29) is 12.1 Å². The highest BCUT2D eigenvalue weighted by Gasteiger charge is 2.31. The molecule has 1 aliphatic rings. The normalized spacial score (nSPS) is 20.1. The van der Waals surface area contributed by atoms with Gasteiger partial charge in [-0.3, -0.25) is 4.90 Å². The summed E-state index contributed by atoms with van der Waals surface area (Å²) in [7, 11) is 3.82. The Balaban J connectivity index is 1.93. The minimum Gasteiger partial charge on any atom is -0.392 e. The summed E-state index contributed by atoms with van der Waals surface area (Å²) in [6, 6.07) is 0.119. The van der Waals surface area contributed by atoms with Crippen molar-refractivity contribution >= 4 is 0 Å². The van der Waals surface area contributed by atoms with Crippen molar-refractivity contribution in [3.8, 4) is 0 Å². The minimum atomic E-state index is -0.214. The fourth-order valence-electron chi connectivity index (χ4n) is 1.87. The van der Waals surface area contributed by atoms with Crippen molar-refractivity contribution in [2.75, 3.05) is 13.6 Å². The Kier molecular flexibility index (Phi) is 3.20. The van der Waals surface area contributed by atoms with Crippen LogP contribution >= 0.6 is 0 Å². The van der Waals surface area contributed by atoms with Gasteiger partial charge in [-0.1, -0.05) is 0 Å². The molecule has 2 rings (SSSR count). The lowest BCUT2D eigenvalue weighted by molar-refractivity contribution is 0.0885. The van der Waals surface area contributed by atoms with E-state index >= 15 is 0 Å². The van der Waals surface area contributed by atoms with Gasteiger partial charge in [-0.2, -0.15) is 0 Å². The van der Waals surface area contributed by atoms with Gasteiger partial charge in [-0.25, -0.2) is 4.68 Å². The summed E-state index contributed by atoms with van der Waals surface area (Å²) in [5.41, 5.74) is 0. The summed E-state index contributed by atoms with van der Waals surface area (Å²) in [5.74, 6) is 1.33. The standard InChI is InChI=1S/C10H19N5O/c1-7(10-11-12-13-15(10)3)14(2)6-9(16)8-4-5-8/h7-9,16H,4-6H2,1-3H3/t7-,9-/m1/s1. The van der Waals surface area contributed by atoms with E-state index < -0.39 is 0 Å². The van der Waals surface area contributed by atoms with Gasteiger partial charge in [0.1, 0.15) is 0 Å². The van der Waals surface area contributed by atoms with Crippen molar-refractivity contribution in [3.05, 3.63) is 5.82 Å². The molecule has 0 spiro atoms. The molecule has 1 fully saturated rings. The molecule has 0 bridgehead atoms. The summed E-state index contributed by atoms with van der Waals surface area (Å²) in [6.45, 7) is 2.73. The van der Waals surface area contributed by atoms with E-state index in [0.717, 1.165) is 18.7 Å².